The summed E-state index contributed by atoms with van der Waals surface area (Å²) in [5.74, 6) is 0.178. The number of hydrogen-bond acceptors (Lipinski definition) is 6. The van der Waals surface area contributed by atoms with Crippen LogP contribution >= 0.6 is 0 Å². The summed E-state index contributed by atoms with van der Waals surface area (Å²) >= 11 is 0. The third kappa shape index (κ3) is 4.63. The van der Waals surface area contributed by atoms with E-state index in [2.05, 4.69) is 4.90 Å². The van der Waals surface area contributed by atoms with E-state index < -0.39 is 17.7 Å². The standard InChI is InChI=1S/C25H34N2O5/c1-3-31-19-11-10-18(16-20(19)32-4-2)22-21(23(28)17-8-9-17)24(29)25(30)27(22)15-14-26-12-6-5-7-13-26/h10-11,16-17,22,29H,3-9,12-15H2,1-2H3. The molecular weight excluding hydrogens is 408 g/mol. The van der Waals surface area contributed by atoms with Gasteiger partial charge in [-0.2, -0.15) is 0 Å². The molecule has 4 rings (SSSR count). The first kappa shape index (κ1) is 22.6. The van der Waals surface area contributed by atoms with E-state index in [4.69, 9.17) is 9.47 Å². The van der Waals surface area contributed by atoms with E-state index >= 15 is 0 Å². The van der Waals surface area contributed by atoms with Gasteiger partial charge in [-0.3, -0.25) is 9.59 Å². The van der Waals surface area contributed by atoms with Crippen molar-refractivity contribution in [1.29, 1.82) is 0 Å². The second kappa shape index (κ2) is 9.94. The maximum Gasteiger partial charge on any atom is 0.290 e. The topological polar surface area (TPSA) is 79.3 Å². The molecule has 7 heteroatoms. The number of carbonyl (C=O) groups is 2. The van der Waals surface area contributed by atoms with E-state index in [9.17, 15) is 14.7 Å². The number of ether oxygens (including phenoxy) is 2. The van der Waals surface area contributed by atoms with Gasteiger partial charge >= 0.3 is 0 Å². The Kier molecular flexibility index (Phi) is 7.04. The molecule has 1 aromatic carbocycles. The Morgan fingerprint density at radius 1 is 1.03 bits per heavy atom. The van der Waals surface area contributed by atoms with Gasteiger partial charge in [0.15, 0.2) is 23.0 Å². The Balaban J connectivity index is 1.66. The molecule has 1 aliphatic carbocycles. The number of piperidine rings is 1. The van der Waals surface area contributed by atoms with Gasteiger partial charge in [0, 0.05) is 19.0 Å². The van der Waals surface area contributed by atoms with Gasteiger partial charge in [0.1, 0.15) is 0 Å². The van der Waals surface area contributed by atoms with E-state index in [0.29, 0.717) is 31.3 Å². The number of hydrogen-bond donors (Lipinski definition) is 1. The van der Waals surface area contributed by atoms with Crippen molar-refractivity contribution in [3.63, 3.8) is 0 Å². The van der Waals surface area contributed by atoms with Crippen molar-refractivity contribution in [2.45, 2.75) is 52.0 Å². The predicted molar refractivity (Wildman–Crippen MR) is 121 cm³/mol. The summed E-state index contributed by atoms with van der Waals surface area (Å²) in [6.45, 7) is 8.04. The van der Waals surface area contributed by atoms with Crippen LogP contribution in [0.25, 0.3) is 0 Å². The highest BCUT2D eigenvalue weighted by atomic mass is 16.5. The molecule has 1 saturated carbocycles. The van der Waals surface area contributed by atoms with E-state index in [0.717, 1.165) is 38.0 Å². The number of nitrogens with zero attached hydrogens (tertiary/aromatic N) is 2. The average molecular weight is 443 g/mol. The lowest BCUT2D eigenvalue weighted by Gasteiger charge is -2.32. The van der Waals surface area contributed by atoms with Crippen LogP contribution in [0.3, 0.4) is 0 Å². The van der Waals surface area contributed by atoms with Gasteiger partial charge in [0.25, 0.3) is 5.91 Å². The van der Waals surface area contributed by atoms with Crippen LogP contribution in [-0.2, 0) is 9.59 Å². The fourth-order valence-corrected chi connectivity index (χ4v) is 4.72. The fraction of sp³-hybridized carbons (Fsp3) is 0.600. The number of aliphatic hydroxyl groups excluding tert-OH is 1. The molecule has 2 fully saturated rings. The van der Waals surface area contributed by atoms with Gasteiger partial charge in [0.05, 0.1) is 24.8 Å². The first-order chi connectivity index (χ1) is 15.5. The van der Waals surface area contributed by atoms with E-state index in [1.807, 2.05) is 32.0 Å². The summed E-state index contributed by atoms with van der Waals surface area (Å²) in [7, 11) is 0. The largest absolute Gasteiger partial charge is 0.503 e. The number of rotatable bonds is 10. The Labute approximate surface area is 190 Å². The highest BCUT2D eigenvalue weighted by Crippen LogP contribution is 2.44. The number of aliphatic hydroxyl groups is 1. The van der Waals surface area contributed by atoms with Crippen molar-refractivity contribution in [2.75, 3.05) is 39.4 Å². The maximum absolute atomic E-state index is 13.1. The lowest BCUT2D eigenvalue weighted by Crippen LogP contribution is -2.40. The average Bonchev–Trinajstić information content (AvgIpc) is 3.62. The molecule has 1 atom stereocenters. The van der Waals surface area contributed by atoms with Crippen LogP contribution in [-0.4, -0.2) is 66.0 Å². The van der Waals surface area contributed by atoms with Gasteiger partial charge in [-0.05, 0) is 70.3 Å². The Morgan fingerprint density at radius 3 is 2.38 bits per heavy atom. The van der Waals surface area contributed by atoms with E-state index in [-0.39, 0.29) is 17.3 Å². The molecule has 1 unspecified atom stereocenters. The number of amides is 1. The van der Waals surface area contributed by atoms with Crippen LogP contribution in [0.15, 0.2) is 29.5 Å². The SMILES string of the molecule is CCOc1ccc(C2C(C(=O)C3CC3)=C(O)C(=O)N2CCN2CCCCC2)cc1OCC. The molecule has 0 spiro atoms. The zero-order valence-electron chi connectivity index (χ0n) is 19.1. The third-order valence-corrected chi connectivity index (χ3v) is 6.51. The number of Topliss-reactive ketones (excluding diaryl/α,β-unsaturated/α-hetero) is 1. The smallest absolute Gasteiger partial charge is 0.290 e. The summed E-state index contributed by atoms with van der Waals surface area (Å²) < 4.78 is 11.5. The maximum atomic E-state index is 13.1. The van der Waals surface area contributed by atoms with Gasteiger partial charge in [0.2, 0.25) is 0 Å². The predicted octanol–water partition coefficient (Wildman–Crippen LogP) is 3.64. The minimum absolute atomic E-state index is 0.0847. The number of carbonyl (C=O) groups excluding carboxylic acids is 2. The lowest BCUT2D eigenvalue weighted by atomic mass is 9.94. The molecule has 7 nitrogen and oxygen atoms in total. The molecule has 1 saturated heterocycles. The van der Waals surface area contributed by atoms with Gasteiger partial charge in [-0.1, -0.05) is 12.5 Å². The first-order valence-corrected chi connectivity index (χ1v) is 11.9. The zero-order chi connectivity index (χ0) is 22.7. The highest BCUT2D eigenvalue weighted by Gasteiger charge is 2.47. The van der Waals surface area contributed by atoms with Gasteiger partial charge < -0.3 is 24.4 Å². The van der Waals surface area contributed by atoms with Crippen LogP contribution in [0.1, 0.15) is 57.6 Å². The quantitative estimate of drug-likeness (QED) is 0.596. The number of ketones is 1. The van der Waals surface area contributed by atoms with Crippen LogP contribution in [0, 0.1) is 5.92 Å². The van der Waals surface area contributed by atoms with E-state index in [1.54, 1.807) is 4.90 Å². The van der Waals surface area contributed by atoms with Crippen LogP contribution in [0.2, 0.25) is 0 Å². The van der Waals surface area contributed by atoms with Crippen LogP contribution < -0.4 is 9.47 Å². The minimum Gasteiger partial charge on any atom is -0.503 e. The summed E-state index contributed by atoms with van der Waals surface area (Å²) in [5.41, 5.74) is 1.000. The molecule has 1 aromatic rings. The van der Waals surface area contributed by atoms with Crippen molar-refractivity contribution in [2.24, 2.45) is 5.92 Å². The minimum atomic E-state index is -0.602. The van der Waals surface area contributed by atoms with Gasteiger partial charge in [-0.15, -0.1) is 0 Å². The summed E-state index contributed by atoms with van der Waals surface area (Å²) in [4.78, 5) is 30.2. The molecule has 0 radical (unpaired) electrons. The molecule has 0 aromatic heterocycles. The van der Waals surface area contributed by atoms with Crippen molar-refractivity contribution < 1.29 is 24.2 Å². The number of likely N-dealkylation sites (tertiary alicyclic amines) is 1. The van der Waals surface area contributed by atoms with Crippen molar-refractivity contribution in [1.82, 2.24) is 9.80 Å². The molecule has 1 N–H and O–H groups in total. The molecular formula is C25H34N2O5. The van der Waals surface area contributed by atoms with Crippen molar-refractivity contribution in [3.8, 4) is 11.5 Å². The fourth-order valence-electron chi connectivity index (χ4n) is 4.72. The monoisotopic (exact) mass is 442 g/mol. The van der Waals surface area contributed by atoms with Crippen LogP contribution in [0.5, 0.6) is 11.5 Å². The second-order valence-electron chi connectivity index (χ2n) is 8.78. The molecule has 0 bridgehead atoms. The van der Waals surface area contributed by atoms with Crippen molar-refractivity contribution in [3.05, 3.63) is 35.1 Å². The molecule has 2 heterocycles. The highest BCUT2D eigenvalue weighted by molar-refractivity contribution is 6.10. The normalized spacial score (nSPS) is 21.9. The Bertz CT molecular complexity index is 886. The Hall–Kier alpha value is -2.54. The molecule has 174 valence electrons. The summed E-state index contributed by atoms with van der Waals surface area (Å²) in [6.07, 6.45) is 5.22. The molecule has 3 aliphatic rings. The zero-order valence-corrected chi connectivity index (χ0v) is 19.1. The summed E-state index contributed by atoms with van der Waals surface area (Å²) in [6, 6.07) is 4.94. The van der Waals surface area contributed by atoms with Crippen molar-refractivity contribution >= 4 is 11.7 Å². The molecule has 32 heavy (non-hydrogen) atoms. The Morgan fingerprint density at radius 2 is 1.72 bits per heavy atom. The first-order valence-electron chi connectivity index (χ1n) is 11.9. The van der Waals surface area contributed by atoms with Gasteiger partial charge in [-0.25, -0.2) is 0 Å². The summed E-state index contributed by atoms with van der Waals surface area (Å²) in [5, 5.41) is 10.8. The lowest BCUT2D eigenvalue weighted by molar-refractivity contribution is -0.129. The number of benzene rings is 1. The molecule has 2 aliphatic heterocycles. The van der Waals surface area contributed by atoms with E-state index in [1.165, 1.54) is 19.3 Å². The molecule has 1 amide bonds. The third-order valence-electron chi connectivity index (χ3n) is 6.51. The van der Waals surface area contributed by atoms with Crippen LogP contribution in [0.4, 0.5) is 0 Å². The second-order valence-corrected chi connectivity index (χ2v) is 8.78.